The van der Waals surface area contributed by atoms with Crippen molar-refractivity contribution in [3.63, 3.8) is 0 Å². The molecule has 1 unspecified atom stereocenters. The van der Waals surface area contributed by atoms with Gasteiger partial charge >= 0.3 is 29.6 Å². The molecule has 19 heavy (non-hydrogen) atoms. The molecule has 0 bridgehead atoms. The molecule has 0 amide bonds. The number of carbonyl (C=O) groups excluding carboxylic acids is 1. The number of unbranched alkanes of at least 4 members (excludes halogenated alkanes) is 5. The van der Waals surface area contributed by atoms with E-state index in [1.807, 2.05) is 35.2 Å². The molecule has 1 rings (SSSR count). The normalized spacial score (nSPS) is 11.0. The van der Waals surface area contributed by atoms with E-state index in [2.05, 4.69) is 6.92 Å². The summed E-state index contributed by atoms with van der Waals surface area (Å²) in [5.41, 5.74) is 0. The Kier molecular flexibility index (Phi) is 16.4. The molecule has 0 saturated heterocycles. The minimum absolute atomic E-state index is 0. The van der Waals surface area contributed by atoms with Crippen molar-refractivity contribution in [2.75, 3.05) is 0 Å². The van der Waals surface area contributed by atoms with E-state index in [9.17, 15) is 4.79 Å². The monoisotopic (exact) mass is 294 g/mol. The van der Waals surface area contributed by atoms with Crippen molar-refractivity contribution >= 4 is 18.7 Å². The molecule has 1 atom stereocenters. The third-order valence-corrected chi connectivity index (χ3v) is 3.13. The van der Waals surface area contributed by atoms with Gasteiger partial charge in [-0.05, 0) is 6.42 Å². The van der Waals surface area contributed by atoms with Crippen LogP contribution in [0, 0.1) is 0 Å². The van der Waals surface area contributed by atoms with Gasteiger partial charge in [-0.15, -0.1) is 12.4 Å². The molecule has 0 aliphatic rings. The van der Waals surface area contributed by atoms with Gasteiger partial charge in [0.25, 0.3) is 0 Å². The number of aldehydes is 1. The van der Waals surface area contributed by atoms with Crippen molar-refractivity contribution in [3.05, 3.63) is 30.6 Å². The van der Waals surface area contributed by atoms with Crippen LogP contribution in [0.1, 0.15) is 59.3 Å². The number of nitrogens with zero attached hydrogens (tertiary/aromatic N) is 1. The van der Waals surface area contributed by atoms with Crippen LogP contribution in [-0.2, 0) is 4.79 Å². The van der Waals surface area contributed by atoms with Gasteiger partial charge in [-0.3, -0.25) is 4.79 Å². The van der Waals surface area contributed by atoms with Crippen LogP contribution in [0.5, 0.6) is 0 Å². The maximum atomic E-state index is 11.1. The van der Waals surface area contributed by atoms with E-state index in [-0.39, 0.29) is 49.4 Å². The molecule has 2 nitrogen and oxygen atoms in total. The summed E-state index contributed by atoms with van der Waals surface area (Å²) in [6.07, 6.45) is 13.6. The van der Waals surface area contributed by atoms with Crippen LogP contribution in [0.4, 0.5) is 0 Å². The van der Waals surface area contributed by atoms with Gasteiger partial charge in [0.15, 0.2) is 18.7 Å². The molecule has 1 aromatic rings. The Morgan fingerprint density at radius 2 is 1.63 bits per heavy atom. The van der Waals surface area contributed by atoms with Gasteiger partial charge in [-0.25, -0.2) is 0 Å². The van der Waals surface area contributed by atoms with Crippen molar-refractivity contribution in [2.24, 2.45) is 0 Å². The molecule has 0 saturated carbocycles. The Morgan fingerprint density at radius 1 is 1.05 bits per heavy atom. The van der Waals surface area contributed by atoms with Gasteiger partial charge in [0.05, 0.1) is 0 Å². The van der Waals surface area contributed by atoms with E-state index in [1.54, 1.807) is 0 Å². The predicted octanol–water partition coefficient (Wildman–Crippen LogP) is 1.00. The number of aromatic nitrogens is 1. The zero-order chi connectivity index (χ0) is 12.3. The van der Waals surface area contributed by atoms with Crippen LogP contribution >= 0.6 is 12.4 Å². The summed E-state index contributed by atoms with van der Waals surface area (Å²) in [5.74, 6) is 0. The van der Waals surface area contributed by atoms with Crippen molar-refractivity contribution in [1.82, 2.24) is 0 Å². The molecular formula is C15H26ClNNaO+. The summed E-state index contributed by atoms with van der Waals surface area (Å²) < 4.78 is 2.00. The Balaban J connectivity index is -0.000000963. The van der Waals surface area contributed by atoms with E-state index in [4.69, 9.17) is 0 Å². The molecule has 0 aliphatic carbocycles. The van der Waals surface area contributed by atoms with Gasteiger partial charge in [0.1, 0.15) is 0 Å². The first-order chi connectivity index (χ1) is 8.38. The van der Waals surface area contributed by atoms with Crippen LogP contribution < -0.4 is 34.1 Å². The number of halogens is 1. The fraction of sp³-hybridized carbons (Fsp3) is 0.600. The van der Waals surface area contributed by atoms with Crippen LogP contribution in [-0.4, -0.2) is 6.29 Å². The van der Waals surface area contributed by atoms with Gasteiger partial charge in [0.2, 0.25) is 6.04 Å². The Bertz CT molecular complexity index is 314. The van der Waals surface area contributed by atoms with E-state index in [1.165, 1.54) is 32.1 Å². The molecule has 0 aromatic carbocycles. The molecule has 0 spiro atoms. The fourth-order valence-corrected chi connectivity index (χ4v) is 2.05. The molecule has 104 valence electrons. The summed E-state index contributed by atoms with van der Waals surface area (Å²) >= 11 is 0. The summed E-state index contributed by atoms with van der Waals surface area (Å²) in [6, 6.07) is 5.93. The second-order valence-electron chi connectivity index (χ2n) is 4.58. The Hall–Kier alpha value is 0.110. The zero-order valence-corrected chi connectivity index (χ0v) is 15.1. The molecule has 0 fully saturated rings. The first-order valence-corrected chi connectivity index (χ1v) is 6.79. The van der Waals surface area contributed by atoms with Gasteiger partial charge in [-0.2, -0.15) is 4.57 Å². The smallest absolute Gasteiger partial charge is 1.00 e. The summed E-state index contributed by atoms with van der Waals surface area (Å²) in [5, 5.41) is 0. The summed E-state index contributed by atoms with van der Waals surface area (Å²) in [4.78, 5) is 11.1. The fourth-order valence-electron chi connectivity index (χ4n) is 2.05. The average molecular weight is 295 g/mol. The van der Waals surface area contributed by atoms with E-state index in [0.29, 0.717) is 0 Å². The number of hydrogen-bond donors (Lipinski definition) is 0. The van der Waals surface area contributed by atoms with Gasteiger partial charge in [-0.1, -0.05) is 45.1 Å². The van der Waals surface area contributed by atoms with Gasteiger partial charge < -0.3 is 1.43 Å². The van der Waals surface area contributed by atoms with Gasteiger partial charge in [0, 0.05) is 18.6 Å². The van der Waals surface area contributed by atoms with Crippen molar-refractivity contribution in [3.8, 4) is 0 Å². The third-order valence-electron chi connectivity index (χ3n) is 3.13. The van der Waals surface area contributed by atoms with Crippen LogP contribution in [0.2, 0.25) is 0 Å². The summed E-state index contributed by atoms with van der Waals surface area (Å²) in [7, 11) is 0. The second-order valence-corrected chi connectivity index (χ2v) is 4.58. The maximum Gasteiger partial charge on any atom is 1.00 e. The van der Waals surface area contributed by atoms with E-state index in [0.717, 1.165) is 19.1 Å². The zero-order valence-electron chi connectivity index (χ0n) is 13.3. The van der Waals surface area contributed by atoms with Crippen molar-refractivity contribution in [2.45, 2.75) is 57.9 Å². The first-order valence-electron chi connectivity index (χ1n) is 6.79. The number of hydrogen-bond acceptors (Lipinski definition) is 1. The minimum Gasteiger partial charge on any atom is -1.00 e. The molecule has 0 aliphatic heterocycles. The SMILES string of the molecule is CCCCCCCCC(C=O)[n+]1ccccc1.Cl.[H-].[Na+]. The van der Waals surface area contributed by atoms with E-state index < -0.39 is 0 Å². The average Bonchev–Trinajstić information content (AvgIpc) is 2.39. The number of pyridine rings is 1. The first kappa shape index (κ1) is 21.4. The maximum absolute atomic E-state index is 11.1. The van der Waals surface area contributed by atoms with Crippen molar-refractivity contribution in [1.29, 1.82) is 0 Å². The molecule has 1 aromatic heterocycles. The molecule has 0 N–H and O–H groups in total. The second kappa shape index (κ2) is 14.5. The summed E-state index contributed by atoms with van der Waals surface area (Å²) in [6.45, 7) is 2.23. The van der Waals surface area contributed by atoms with Crippen LogP contribution in [0.25, 0.3) is 0 Å². The van der Waals surface area contributed by atoms with E-state index >= 15 is 0 Å². The third kappa shape index (κ3) is 9.61. The Morgan fingerprint density at radius 3 is 2.21 bits per heavy atom. The molecule has 0 radical (unpaired) electrons. The molecular weight excluding hydrogens is 269 g/mol. The molecule has 4 heteroatoms. The van der Waals surface area contributed by atoms with Crippen molar-refractivity contribution < 1.29 is 40.3 Å². The standard InChI is InChI=1S/C15H24NO.ClH.Na.H/c1-2-3-4-5-6-8-11-15(14-17)16-12-9-7-10-13-16;;;/h7,9-10,12-15H,2-6,8,11H2,1H3;1H;;/q+1;;+1;-1. The van der Waals surface area contributed by atoms with Crippen LogP contribution in [0.15, 0.2) is 30.6 Å². The Labute approximate surface area is 147 Å². The topological polar surface area (TPSA) is 20.9 Å². The largest absolute Gasteiger partial charge is 1.00 e. The predicted molar refractivity (Wildman–Crippen MR) is 78.1 cm³/mol. The van der Waals surface area contributed by atoms with Crippen LogP contribution in [0.3, 0.4) is 0 Å². The minimum atomic E-state index is 0. The molecule has 1 heterocycles. The number of carbonyl (C=O) groups is 1. The number of rotatable bonds is 9. The quantitative estimate of drug-likeness (QED) is 0.288.